The standard InChI is InChI=1S/C22H16ClFIN3O/c1-3-5-14(19(24)4-2)12-29-21-9-7-16(11-18(21)23)28-22-17-10-15(25)6-8-20(17)26-13-27-22/h2-3,5-11,13H,12H2,1H3,(H,26,27,28)/b5-3-,19-14-. The van der Waals surface area contributed by atoms with Crippen LogP contribution in [0.4, 0.5) is 15.9 Å². The number of allylic oxidation sites excluding steroid dienone is 2. The van der Waals surface area contributed by atoms with Crippen LogP contribution in [0.25, 0.3) is 10.9 Å². The number of hydrogen-bond acceptors (Lipinski definition) is 4. The Kier molecular flexibility index (Phi) is 7.07. The van der Waals surface area contributed by atoms with E-state index in [0.29, 0.717) is 16.6 Å². The van der Waals surface area contributed by atoms with E-state index in [1.165, 1.54) is 6.33 Å². The van der Waals surface area contributed by atoms with Crippen molar-refractivity contribution < 1.29 is 9.13 Å². The molecule has 0 bridgehead atoms. The van der Waals surface area contributed by atoms with Crippen molar-refractivity contribution in [3.05, 3.63) is 74.9 Å². The van der Waals surface area contributed by atoms with E-state index in [-0.39, 0.29) is 12.2 Å². The molecule has 2 aromatic carbocycles. The Balaban J connectivity index is 1.80. The largest absolute Gasteiger partial charge is 0.487 e. The van der Waals surface area contributed by atoms with Crippen molar-refractivity contribution in [3.8, 4) is 18.1 Å². The molecule has 0 spiro atoms. The molecule has 7 heteroatoms. The first kappa shape index (κ1) is 21.1. The van der Waals surface area contributed by atoms with E-state index in [1.807, 2.05) is 24.1 Å². The van der Waals surface area contributed by atoms with Crippen molar-refractivity contribution in [1.29, 1.82) is 0 Å². The van der Waals surface area contributed by atoms with Crippen molar-refractivity contribution in [2.45, 2.75) is 6.92 Å². The topological polar surface area (TPSA) is 47.0 Å². The molecule has 0 radical (unpaired) electrons. The summed E-state index contributed by atoms with van der Waals surface area (Å²) in [6, 6.07) is 11.2. The minimum absolute atomic E-state index is 0.0259. The molecule has 0 atom stereocenters. The highest BCUT2D eigenvalue weighted by atomic mass is 127. The van der Waals surface area contributed by atoms with Gasteiger partial charge in [-0.3, -0.25) is 0 Å². The third kappa shape index (κ3) is 5.25. The first-order chi connectivity index (χ1) is 14.0. The van der Waals surface area contributed by atoms with Crippen LogP contribution in [0.1, 0.15) is 6.92 Å². The molecule has 3 aromatic rings. The summed E-state index contributed by atoms with van der Waals surface area (Å²) in [7, 11) is 0. The van der Waals surface area contributed by atoms with Crippen molar-refractivity contribution >= 4 is 56.6 Å². The zero-order valence-corrected chi connectivity index (χ0v) is 18.3. The van der Waals surface area contributed by atoms with Gasteiger partial charge in [-0.2, -0.15) is 4.39 Å². The summed E-state index contributed by atoms with van der Waals surface area (Å²) >= 11 is 8.59. The molecule has 0 amide bonds. The van der Waals surface area contributed by atoms with Crippen molar-refractivity contribution in [1.82, 2.24) is 9.97 Å². The lowest BCUT2D eigenvalue weighted by molar-refractivity contribution is 0.352. The predicted molar refractivity (Wildman–Crippen MR) is 124 cm³/mol. The molecule has 1 N–H and O–H groups in total. The van der Waals surface area contributed by atoms with Gasteiger partial charge in [0.1, 0.15) is 24.5 Å². The highest BCUT2D eigenvalue weighted by molar-refractivity contribution is 14.1. The number of halogens is 3. The van der Waals surface area contributed by atoms with Gasteiger partial charge in [-0.05, 0) is 71.8 Å². The second-order valence-corrected chi connectivity index (χ2v) is 7.58. The van der Waals surface area contributed by atoms with Gasteiger partial charge in [0.05, 0.1) is 10.5 Å². The number of fused-ring (bicyclic) bond motifs is 1. The number of aromatic nitrogens is 2. The predicted octanol–water partition coefficient (Wildman–Crippen LogP) is 6.44. The lowest BCUT2D eigenvalue weighted by atomic mass is 10.2. The molecule has 0 fully saturated rings. The molecule has 4 nitrogen and oxygen atoms in total. The lowest BCUT2D eigenvalue weighted by Crippen LogP contribution is -2.02. The highest BCUT2D eigenvalue weighted by Gasteiger charge is 2.09. The van der Waals surface area contributed by atoms with E-state index in [1.54, 1.807) is 37.3 Å². The van der Waals surface area contributed by atoms with Gasteiger partial charge in [0.15, 0.2) is 5.83 Å². The minimum Gasteiger partial charge on any atom is -0.487 e. The van der Waals surface area contributed by atoms with E-state index < -0.39 is 5.83 Å². The number of benzene rings is 2. The van der Waals surface area contributed by atoms with E-state index >= 15 is 0 Å². The summed E-state index contributed by atoms with van der Waals surface area (Å²) in [6.45, 7) is 1.75. The number of nitrogens with one attached hydrogen (secondary N) is 1. The van der Waals surface area contributed by atoms with Gasteiger partial charge in [-0.25, -0.2) is 9.97 Å². The van der Waals surface area contributed by atoms with Crippen LogP contribution in [-0.4, -0.2) is 16.6 Å². The Bertz CT molecular complexity index is 1150. The quantitative estimate of drug-likeness (QED) is 0.231. The molecule has 146 valence electrons. The van der Waals surface area contributed by atoms with Crippen LogP contribution >= 0.6 is 34.2 Å². The van der Waals surface area contributed by atoms with Crippen LogP contribution in [0.3, 0.4) is 0 Å². The zero-order valence-electron chi connectivity index (χ0n) is 15.4. The summed E-state index contributed by atoms with van der Waals surface area (Å²) in [6.07, 6.45) is 9.89. The maximum absolute atomic E-state index is 13.7. The number of ether oxygens (including phenoxy) is 1. The van der Waals surface area contributed by atoms with Gasteiger partial charge in [0.2, 0.25) is 0 Å². The van der Waals surface area contributed by atoms with E-state index in [0.717, 1.165) is 20.2 Å². The van der Waals surface area contributed by atoms with Crippen LogP contribution in [0.5, 0.6) is 5.75 Å². The Morgan fingerprint density at radius 1 is 1.31 bits per heavy atom. The summed E-state index contributed by atoms with van der Waals surface area (Å²) in [5.41, 5.74) is 1.85. The molecule has 1 heterocycles. The normalized spacial score (nSPS) is 12.0. The Labute approximate surface area is 187 Å². The summed E-state index contributed by atoms with van der Waals surface area (Å²) in [5.74, 6) is 2.41. The molecule has 0 saturated carbocycles. The number of rotatable bonds is 6. The molecule has 1 aromatic heterocycles. The van der Waals surface area contributed by atoms with Crippen LogP contribution in [0, 0.1) is 15.9 Å². The SMILES string of the molecule is C#C/C(F)=C(\C=C/C)COc1ccc(Nc2ncnc3ccc(I)cc23)cc1Cl. The molecular weight excluding hydrogens is 504 g/mol. The molecule has 29 heavy (non-hydrogen) atoms. The first-order valence-corrected chi connectivity index (χ1v) is 10.0. The minimum atomic E-state index is -0.664. The second-order valence-electron chi connectivity index (χ2n) is 5.93. The average molecular weight is 520 g/mol. The van der Waals surface area contributed by atoms with Crippen molar-refractivity contribution in [3.63, 3.8) is 0 Å². The first-order valence-electron chi connectivity index (χ1n) is 8.59. The fraction of sp³-hybridized carbons (Fsp3) is 0.0909. The zero-order chi connectivity index (χ0) is 20.8. The molecule has 0 aliphatic carbocycles. The van der Waals surface area contributed by atoms with Crippen molar-refractivity contribution in [2.75, 3.05) is 11.9 Å². The Hall–Kier alpha value is -2.63. The smallest absolute Gasteiger partial charge is 0.179 e. The molecule has 0 saturated heterocycles. The summed E-state index contributed by atoms with van der Waals surface area (Å²) in [5, 5.41) is 4.54. The average Bonchev–Trinajstić information content (AvgIpc) is 2.72. The van der Waals surface area contributed by atoms with Crippen LogP contribution in [-0.2, 0) is 0 Å². The number of terminal acetylenes is 1. The molecular formula is C22H16ClFIN3O. The molecule has 0 unspecified atom stereocenters. The fourth-order valence-corrected chi connectivity index (χ4v) is 3.32. The van der Waals surface area contributed by atoms with E-state index in [9.17, 15) is 4.39 Å². The second kappa shape index (κ2) is 9.72. The van der Waals surface area contributed by atoms with Gasteiger partial charge in [0.25, 0.3) is 0 Å². The van der Waals surface area contributed by atoms with Crippen molar-refractivity contribution in [2.24, 2.45) is 0 Å². The Morgan fingerprint density at radius 2 is 2.14 bits per heavy atom. The lowest BCUT2D eigenvalue weighted by Gasteiger charge is -2.12. The number of nitrogens with zero attached hydrogens (tertiary/aromatic N) is 2. The van der Waals surface area contributed by atoms with Gasteiger partial charge in [-0.1, -0.05) is 23.8 Å². The number of anilines is 2. The highest BCUT2D eigenvalue weighted by Crippen LogP contribution is 2.31. The maximum Gasteiger partial charge on any atom is 0.179 e. The molecule has 0 aliphatic rings. The third-order valence-electron chi connectivity index (χ3n) is 3.95. The van der Waals surface area contributed by atoms with E-state index in [2.05, 4.69) is 37.9 Å². The van der Waals surface area contributed by atoms with Gasteiger partial charge in [0, 0.05) is 20.2 Å². The van der Waals surface area contributed by atoms with Gasteiger partial charge < -0.3 is 10.1 Å². The molecule has 0 aliphatic heterocycles. The number of hydrogen-bond donors (Lipinski definition) is 1. The van der Waals surface area contributed by atoms with Gasteiger partial charge >= 0.3 is 0 Å². The monoisotopic (exact) mass is 519 g/mol. The van der Waals surface area contributed by atoms with Crippen LogP contribution in [0.2, 0.25) is 5.02 Å². The van der Waals surface area contributed by atoms with Gasteiger partial charge in [-0.15, -0.1) is 6.42 Å². The van der Waals surface area contributed by atoms with Crippen LogP contribution in [0.15, 0.2) is 66.3 Å². The fourth-order valence-electron chi connectivity index (χ4n) is 2.59. The molecule has 3 rings (SSSR count). The third-order valence-corrected chi connectivity index (χ3v) is 4.92. The summed E-state index contributed by atoms with van der Waals surface area (Å²) < 4.78 is 20.4. The van der Waals surface area contributed by atoms with Crippen LogP contribution < -0.4 is 10.1 Å². The maximum atomic E-state index is 13.7. The Morgan fingerprint density at radius 3 is 2.86 bits per heavy atom. The van der Waals surface area contributed by atoms with E-state index in [4.69, 9.17) is 22.8 Å². The summed E-state index contributed by atoms with van der Waals surface area (Å²) in [4.78, 5) is 8.61.